The molecule has 190 valence electrons. The summed E-state index contributed by atoms with van der Waals surface area (Å²) in [7, 11) is 0. The number of halogens is 1. The van der Waals surface area contributed by atoms with Gasteiger partial charge >= 0.3 is 0 Å². The summed E-state index contributed by atoms with van der Waals surface area (Å²) >= 11 is 12.1. The van der Waals surface area contributed by atoms with Crippen LogP contribution in [-0.4, -0.2) is 44.6 Å². The Morgan fingerprint density at radius 2 is 1.81 bits per heavy atom. The van der Waals surface area contributed by atoms with Gasteiger partial charge in [-0.1, -0.05) is 17.7 Å². The van der Waals surface area contributed by atoms with E-state index in [4.69, 9.17) is 39.9 Å². The topological polar surface area (TPSA) is 72.2 Å². The quantitative estimate of drug-likeness (QED) is 0.191. The normalized spacial score (nSPS) is 14.6. The van der Waals surface area contributed by atoms with E-state index in [1.54, 1.807) is 43.6 Å². The van der Waals surface area contributed by atoms with Crippen molar-refractivity contribution in [2.75, 3.05) is 18.1 Å². The number of pyridine rings is 2. The first-order chi connectivity index (χ1) is 17.6. The molecule has 0 atom stereocenters. The minimum absolute atomic E-state index is 0.142. The van der Waals surface area contributed by atoms with Crippen molar-refractivity contribution >= 4 is 46.2 Å². The van der Waals surface area contributed by atoms with E-state index in [9.17, 15) is 4.79 Å². The van der Waals surface area contributed by atoms with Crippen LogP contribution in [0.3, 0.4) is 0 Å². The van der Waals surface area contributed by atoms with Crippen molar-refractivity contribution in [2.24, 2.45) is 0 Å². The third-order valence-electron chi connectivity index (χ3n) is 6.13. The monoisotopic (exact) mass is 535 g/mol. The molecule has 10 heteroatoms. The number of ether oxygens (including phenoxy) is 2. The molecule has 2 aromatic heterocycles. The van der Waals surface area contributed by atoms with Gasteiger partial charge in [0, 0.05) is 18.3 Å². The van der Waals surface area contributed by atoms with Gasteiger partial charge in [-0.3, -0.25) is 14.7 Å². The predicted octanol–water partition coefficient (Wildman–Crippen LogP) is 6.27. The average Bonchev–Trinajstić information content (AvgIpc) is 3.04. The van der Waals surface area contributed by atoms with Crippen LogP contribution >= 0.6 is 23.8 Å². The molecule has 4 rings (SSSR count). The van der Waals surface area contributed by atoms with E-state index in [2.05, 4.69) is 14.8 Å². The lowest BCUT2D eigenvalue weighted by atomic mass is 10.0. The number of carbonyl (C=O) groups excluding carboxylic acids is 1. The maximum atomic E-state index is 13.3. The molecule has 37 heavy (non-hydrogen) atoms. The first-order valence-electron chi connectivity index (χ1n) is 11.7. The van der Waals surface area contributed by atoms with Gasteiger partial charge in [0.05, 0.1) is 36.3 Å². The molecule has 1 amide bonds. The van der Waals surface area contributed by atoms with Crippen LogP contribution in [0, 0.1) is 20.4 Å². The molecule has 0 radical (unpaired) electrons. The molecule has 1 saturated heterocycles. The van der Waals surface area contributed by atoms with Crippen LogP contribution in [0.5, 0.6) is 17.4 Å². The number of nitrogens with zero attached hydrogens (tertiary/aromatic N) is 5. The van der Waals surface area contributed by atoms with Crippen molar-refractivity contribution in [2.45, 2.75) is 39.7 Å². The van der Waals surface area contributed by atoms with E-state index in [1.807, 2.05) is 37.8 Å². The van der Waals surface area contributed by atoms with Gasteiger partial charge in [0.1, 0.15) is 17.0 Å². The molecule has 1 fully saturated rings. The Morgan fingerprint density at radius 1 is 1.08 bits per heavy atom. The largest absolute Gasteiger partial charge is 0.492 e. The highest BCUT2D eigenvalue weighted by Crippen LogP contribution is 2.39. The molecule has 3 heterocycles. The summed E-state index contributed by atoms with van der Waals surface area (Å²) in [6, 6.07) is 10.6. The van der Waals surface area contributed by atoms with Gasteiger partial charge in [0.25, 0.3) is 5.91 Å². The van der Waals surface area contributed by atoms with Gasteiger partial charge in [-0.15, -0.1) is 0 Å². The third-order valence-corrected chi connectivity index (χ3v) is 7.01. The molecule has 3 aromatic rings. The minimum Gasteiger partial charge on any atom is -0.492 e. The molecule has 0 aliphatic carbocycles. The molecule has 0 spiro atoms. The smallest absolute Gasteiger partial charge is 0.258 e. The fraction of sp³-hybridized carbons (Fsp3) is 0.296. The molecule has 0 saturated carbocycles. The van der Waals surface area contributed by atoms with Crippen molar-refractivity contribution in [3.05, 3.63) is 76.5 Å². The fourth-order valence-electron chi connectivity index (χ4n) is 3.97. The Bertz CT molecular complexity index is 1370. The lowest BCUT2D eigenvalue weighted by molar-refractivity contribution is -0.123. The van der Waals surface area contributed by atoms with Crippen LogP contribution in [0.25, 0.3) is 4.85 Å². The van der Waals surface area contributed by atoms with E-state index < -0.39 is 5.54 Å². The standard InChI is InChI=1S/C27H26ClN5O3S/c1-17-7-8-20(16-30-17)36-23-12-9-19(15-31-23)35-14-6-13-32-26(37)33(25(34)27(32,3)4)22-11-10-21(29-5)24(28)18(22)2/h7-12,15-16H,6,13-14H2,1-4H3. The van der Waals surface area contributed by atoms with E-state index in [-0.39, 0.29) is 5.91 Å². The molecule has 0 unspecified atom stereocenters. The second-order valence-electron chi connectivity index (χ2n) is 9.06. The van der Waals surface area contributed by atoms with Gasteiger partial charge in [0.2, 0.25) is 11.6 Å². The Hall–Kier alpha value is -3.74. The Labute approximate surface area is 226 Å². The molecule has 8 nitrogen and oxygen atoms in total. The summed E-state index contributed by atoms with van der Waals surface area (Å²) in [6.07, 6.45) is 3.89. The summed E-state index contributed by atoms with van der Waals surface area (Å²) in [5.74, 6) is 1.53. The Kier molecular flexibility index (Phi) is 7.62. The molecular formula is C27H26ClN5O3S. The van der Waals surface area contributed by atoms with Gasteiger partial charge < -0.3 is 14.4 Å². The Morgan fingerprint density at radius 3 is 2.46 bits per heavy atom. The highest BCUT2D eigenvalue weighted by atomic mass is 35.5. The molecule has 1 aliphatic heterocycles. The minimum atomic E-state index is -0.833. The second kappa shape index (κ2) is 10.7. The molecule has 1 aromatic carbocycles. The number of hydrogen-bond donors (Lipinski definition) is 0. The average molecular weight is 536 g/mol. The first kappa shape index (κ1) is 26.3. The highest BCUT2D eigenvalue weighted by molar-refractivity contribution is 7.80. The molecule has 0 N–H and O–H groups in total. The number of rotatable bonds is 8. The maximum absolute atomic E-state index is 13.3. The first-order valence-corrected chi connectivity index (χ1v) is 12.4. The van der Waals surface area contributed by atoms with Crippen molar-refractivity contribution in [1.29, 1.82) is 0 Å². The van der Waals surface area contributed by atoms with E-state index in [0.717, 1.165) is 5.69 Å². The third kappa shape index (κ3) is 5.36. The molecule has 0 bridgehead atoms. The van der Waals surface area contributed by atoms with Crippen molar-refractivity contribution < 1.29 is 14.3 Å². The predicted molar refractivity (Wildman–Crippen MR) is 147 cm³/mol. The highest BCUT2D eigenvalue weighted by Gasteiger charge is 2.49. The van der Waals surface area contributed by atoms with Gasteiger partial charge in [0.15, 0.2) is 5.11 Å². The van der Waals surface area contributed by atoms with Gasteiger partial charge in [-0.25, -0.2) is 9.83 Å². The second-order valence-corrected chi connectivity index (χ2v) is 9.80. The zero-order valence-corrected chi connectivity index (χ0v) is 22.6. The number of aromatic nitrogens is 2. The van der Waals surface area contributed by atoms with Crippen LogP contribution in [0.2, 0.25) is 5.02 Å². The lowest BCUT2D eigenvalue weighted by Gasteiger charge is -2.29. The number of benzene rings is 1. The lowest BCUT2D eigenvalue weighted by Crippen LogP contribution is -2.44. The SMILES string of the molecule is [C-]#[N+]c1ccc(N2C(=O)C(C)(C)N(CCCOc3ccc(Oc4ccc(C)nc4)nc3)C2=S)c(C)c1Cl. The van der Waals surface area contributed by atoms with E-state index in [0.29, 0.717) is 64.0 Å². The summed E-state index contributed by atoms with van der Waals surface area (Å²) in [5, 5.41) is 0.729. The van der Waals surface area contributed by atoms with Crippen LogP contribution in [0.4, 0.5) is 11.4 Å². The maximum Gasteiger partial charge on any atom is 0.258 e. The number of hydrogen-bond acceptors (Lipinski definition) is 6. The van der Waals surface area contributed by atoms with E-state index in [1.165, 1.54) is 4.90 Å². The van der Waals surface area contributed by atoms with Crippen LogP contribution < -0.4 is 14.4 Å². The van der Waals surface area contributed by atoms with Crippen LogP contribution in [0.15, 0.2) is 48.8 Å². The molecule has 1 aliphatic rings. The summed E-state index contributed by atoms with van der Waals surface area (Å²) in [4.78, 5) is 28.7. The summed E-state index contributed by atoms with van der Waals surface area (Å²) < 4.78 is 11.5. The van der Waals surface area contributed by atoms with Crippen LogP contribution in [-0.2, 0) is 4.79 Å². The van der Waals surface area contributed by atoms with Crippen LogP contribution in [0.1, 0.15) is 31.5 Å². The number of carbonyl (C=O) groups is 1. The number of thiocarbonyl (C=S) groups is 1. The summed E-state index contributed by atoms with van der Waals surface area (Å²) in [5.41, 5.74) is 1.66. The zero-order valence-electron chi connectivity index (χ0n) is 21.0. The fourth-order valence-corrected chi connectivity index (χ4v) is 4.68. The Balaban J connectivity index is 1.35. The zero-order chi connectivity index (χ0) is 26.7. The van der Waals surface area contributed by atoms with E-state index >= 15 is 0 Å². The number of aryl methyl sites for hydroxylation is 1. The molecular weight excluding hydrogens is 510 g/mol. The van der Waals surface area contributed by atoms with Crippen molar-refractivity contribution in [3.8, 4) is 17.4 Å². The van der Waals surface area contributed by atoms with Gasteiger partial charge in [-0.05, 0) is 76.2 Å². The number of amides is 1. The number of anilines is 1. The van der Waals surface area contributed by atoms with Gasteiger partial charge in [-0.2, -0.15) is 0 Å². The van der Waals surface area contributed by atoms with Crippen molar-refractivity contribution in [1.82, 2.24) is 14.9 Å². The van der Waals surface area contributed by atoms with Crippen molar-refractivity contribution in [3.63, 3.8) is 0 Å². The summed E-state index contributed by atoms with van der Waals surface area (Å²) in [6.45, 7) is 15.6.